The van der Waals surface area contributed by atoms with Gasteiger partial charge in [-0.3, -0.25) is 4.68 Å². The molecule has 0 aliphatic carbocycles. The molecule has 1 aromatic carbocycles. The van der Waals surface area contributed by atoms with Crippen molar-refractivity contribution in [1.29, 1.82) is 0 Å². The van der Waals surface area contributed by atoms with E-state index in [4.69, 9.17) is 11.6 Å². The molecular formula is C17H24ClN3. The molecule has 0 radical (unpaired) electrons. The zero-order chi connectivity index (χ0) is 15.1. The molecule has 2 aromatic rings. The lowest BCUT2D eigenvalue weighted by atomic mass is 10.2. The highest BCUT2D eigenvalue weighted by atomic mass is 35.5. The highest BCUT2D eigenvalue weighted by Gasteiger charge is 2.03. The van der Waals surface area contributed by atoms with Crippen LogP contribution in [-0.2, 0) is 13.0 Å². The minimum Gasteiger partial charge on any atom is -0.316 e. The number of hydrogen-bond donors (Lipinski definition) is 1. The molecule has 0 spiro atoms. The molecular weight excluding hydrogens is 282 g/mol. The van der Waals surface area contributed by atoms with Crippen LogP contribution in [0.25, 0.3) is 0 Å². The number of nitrogens with one attached hydrogen (secondary N) is 1. The van der Waals surface area contributed by atoms with Gasteiger partial charge in [-0.25, -0.2) is 0 Å². The van der Waals surface area contributed by atoms with Gasteiger partial charge in [-0.05, 0) is 49.0 Å². The van der Waals surface area contributed by atoms with Gasteiger partial charge in [0.25, 0.3) is 0 Å². The Morgan fingerprint density at radius 3 is 2.86 bits per heavy atom. The summed E-state index contributed by atoms with van der Waals surface area (Å²) in [5.74, 6) is 0.711. The van der Waals surface area contributed by atoms with E-state index >= 15 is 0 Å². The fraction of sp³-hybridized carbons (Fsp3) is 0.471. The van der Waals surface area contributed by atoms with Crippen LogP contribution in [0.1, 0.15) is 31.4 Å². The van der Waals surface area contributed by atoms with Crippen LogP contribution in [0.2, 0.25) is 5.02 Å². The summed E-state index contributed by atoms with van der Waals surface area (Å²) in [4.78, 5) is 0. The second-order valence-electron chi connectivity index (χ2n) is 5.84. The molecule has 1 N–H and O–H groups in total. The summed E-state index contributed by atoms with van der Waals surface area (Å²) < 4.78 is 1.96. The Morgan fingerprint density at radius 1 is 1.29 bits per heavy atom. The average molecular weight is 306 g/mol. The van der Waals surface area contributed by atoms with Crippen molar-refractivity contribution in [2.45, 2.75) is 33.2 Å². The third-order valence-electron chi connectivity index (χ3n) is 3.35. The van der Waals surface area contributed by atoms with E-state index in [9.17, 15) is 0 Å². The zero-order valence-electron chi connectivity index (χ0n) is 12.8. The Balaban J connectivity index is 1.78. The van der Waals surface area contributed by atoms with Crippen LogP contribution in [0.15, 0.2) is 36.7 Å². The lowest BCUT2D eigenvalue weighted by Crippen LogP contribution is -2.20. The summed E-state index contributed by atoms with van der Waals surface area (Å²) in [7, 11) is 0. The van der Waals surface area contributed by atoms with Gasteiger partial charge in [0.1, 0.15) is 0 Å². The van der Waals surface area contributed by atoms with Crippen molar-refractivity contribution < 1.29 is 0 Å². The normalized spacial score (nSPS) is 11.2. The van der Waals surface area contributed by atoms with E-state index in [0.717, 1.165) is 43.1 Å². The molecule has 0 amide bonds. The number of halogens is 1. The highest BCUT2D eigenvalue weighted by Crippen LogP contribution is 2.16. The standard InChI is InChI=1S/C17H24ClN3/c1-14(2)10-19-9-5-6-15-11-20-21(12-15)13-16-7-3-4-8-17(16)18/h3-4,7-8,11-12,14,19H,5-6,9-10,13H2,1-2H3. The molecule has 0 unspecified atom stereocenters. The number of benzene rings is 1. The second kappa shape index (κ2) is 8.20. The maximum atomic E-state index is 6.18. The van der Waals surface area contributed by atoms with Crippen LogP contribution in [-0.4, -0.2) is 22.9 Å². The first kappa shape index (κ1) is 16.1. The summed E-state index contributed by atoms with van der Waals surface area (Å²) in [6, 6.07) is 7.91. The van der Waals surface area contributed by atoms with E-state index in [-0.39, 0.29) is 0 Å². The largest absolute Gasteiger partial charge is 0.316 e. The molecule has 3 nitrogen and oxygen atoms in total. The Labute approximate surface area is 132 Å². The number of hydrogen-bond acceptors (Lipinski definition) is 2. The summed E-state index contributed by atoms with van der Waals surface area (Å²) >= 11 is 6.18. The molecule has 0 aliphatic heterocycles. The minimum atomic E-state index is 0.711. The quantitative estimate of drug-likeness (QED) is 0.753. The molecule has 21 heavy (non-hydrogen) atoms. The minimum absolute atomic E-state index is 0.711. The maximum Gasteiger partial charge on any atom is 0.0673 e. The van der Waals surface area contributed by atoms with Crippen molar-refractivity contribution in [3.05, 3.63) is 52.8 Å². The van der Waals surface area contributed by atoms with Crippen molar-refractivity contribution >= 4 is 11.6 Å². The molecule has 0 saturated heterocycles. The summed E-state index contributed by atoms with van der Waals surface area (Å²) in [5.41, 5.74) is 2.39. The van der Waals surface area contributed by atoms with Gasteiger partial charge in [-0.1, -0.05) is 43.6 Å². The monoisotopic (exact) mass is 305 g/mol. The molecule has 1 heterocycles. The molecule has 2 rings (SSSR count). The number of nitrogens with zero attached hydrogens (tertiary/aromatic N) is 2. The van der Waals surface area contributed by atoms with E-state index in [2.05, 4.69) is 30.5 Å². The van der Waals surface area contributed by atoms with Crippen molar-refractivity contribution in [3.8, 4) is 0 Å². The molecule has 0 fully saturated rings. The number of aryl methyl sites for hydroxylation is 1. The fourth-order valence-corrected chi connectivity index (χ4v) is 2.43. The van der Waals surface area contributed by atoms with Gasteiger partial charge in [0.05, 0.1) is 12.7 Å². The smallest absolute Gasteiger partial charge is 0.0673 e. The summed E-state index contributed by atoms with van der Waals surface area (Å²) in [5, 5.41) is 8.68. The molecule has 0 saturated carbocycles. The fourth-order valence-electron chi connectivity index (χ4n) is 2.23. The van der Waals surface area contributed by atoms with Crippen molar-refractivity contribution in [2.75, 3.05) is 13.1 Å². The molecule has 114 valence electrons. The molecule has 1 aromatic heterocycles. The predicted molar refractivity (Wildman–Crippen MR) is 88.8 cm³/mol. The highest BCUT2D eigenvalue weighted by molar-refractivity contribution is 6.31. The first-order valence-electron chi connectivity index (χ1n) is 7.60. The van der Waals surface area contributed by atoms with Crippen LogP contribution in [0.3, 0.4) is 0 Å². The van der Waals surface area contributed by atoms with Crippen molar-refractivity contribution in [3.63, 3.8) is 0 Å². The van der Waals surface area contributed by atoms with E-state index < -0.39 is 0 Å². The predicted octanol–water partition coefficient (Wildman–Crippen LogP) is 3.76. The third-order valence-corrected chi connectivity index (χ3v) is 3.72. The maximum absolute atomic E-state index is 6.18. The van der Waals surface area contributed by atoms with Gasteiger partial charge < -0.3 is 5.32 Å². The van der Waals surface area contributed by atoms with Crippen LogP contribution >= 0.6 is 11.6 Å². The van der Waals surface area contributed by atoms with E-state index in [1.807, 2.05) is 35.1 Å². The number of aromatic nitrogens is 2. The Morgan fingerprint density at radius 2 is 2.10 bits per heavy atom. The van der Waals surface area contributed by atoms with Crippen molar-refractivity contribution in [1.82, 2.24) is 15.1 Å². The molecule has 0 atom stereocenters. The van der Waals surface area contributed by atoms with Gasteiger partial charge >= 0.3 is 0 Å². The Hall–Kier alpha value is -1.32. The Kier molecular flexibility index (Phi) is 6.27. The van der Waals surface area contributed by atoms with Gasteiger partial charge in [-0.2, -0.15) is 5.10 Å². The van der Waals surface area contributed by atoms with Gasteiger partial charge in [0.2, 0.25) is 0 Å². The lowest BCUT2D eigenvalue weighted by Gasteiger charge is -2.06. The average Bonchev–Trinajstić information content (AvgIpc) is 2.88. The van der Waals surface area contributed by atoms with Crippen LogP contribution < -0.4 is 5.32 Å². The van der Waals surface area contributed by atoms with Crippen LogP contribution in [0, 0.1) is 5.92 Å². The summed E-state index contributed by atoms with van der Waals surface area (Å²) in [6.45, 7) is 7.34. The summed E-state index contributed by atoms with van der Waals surface area (Å²) in [6.07, 6.45) is 6.28. The van der Waals surface area contributed by atoms with E-state index in [1.54, 1.807) is 0 Å². The van der Waals surface area contributed by atoms with E-state index in [1.165, 1.54) is 5.56 Å². The van der Waals surface area contributed by atoms with Crippen LogP contribution in [0.5, 0.6) is 0 Å². The van der Waals surface area contributed by atoms with Crippen molar-refractivity contribution in [2.24, 2.45) is 5.92 Å². The Bertz CT molecular complexity index is 548. The lowest BCUT2D eigenvalue weighted by molar-refractivity contribution is 0.543. The first-order chi connectivity index (χ1) is 10.1. The second-order valence-corrected chi connectivity index (χ2v) is 6.25. The number of rotatable bonds is 8. The zero-order valence-corrected chi connectivity index (χ0v) is 13.6. The van der Waals surface area contributed by atoms with Gasteiger partial charge in [0, 0.05) is 11.2 Å². The molecule has 0 aliphatic rings. The van der Waals surface area contributed by atoms with Crippen LogP contribution in [0.4, 0.5) is 0 Å². The molecule has 0 bridgehead atoms. The SMILES string of the molecule is CC(C)CNCCCc1cnn(Cc2ccccc2Cl)c1. The van der Waals surface area contributed by atoms with Gasteiger partial charge in [-0.15, -0.1) is 0 Å². The third kappa shape index (κ3) is 5.52. The topological polar surface area (TPSA) is 29.9 Å². The van der Waals surface area contributed by atoms with E-state index in [0.29, 0.717) is 5.92 Å². The molecule has 4 heteroatoms. The van der Waals surface area contributed by atoms with Gasteiger partial charge in [0.15, 0.2) is 0 Å². The first-order valence-corrected chi connectivity index (χ1v) is 7.98.